The van der Waals surface area contributed by atoms with E-state index in [0.717, 1.165) is 22.5 Å². The zero-order valence-corrected chi connectivity index (χ0v) is 15.9. The third kappa shape index (κ3) is 4.52. The van der Waals surface area contributed by atoms with Crippen molar-refractivity contribution in [1.29, 1.82) is 0 Å². The van der Waals surface area contributed by atoms with E-state index >= 15 is 0 Å². The molecule has 8 heteroatoms. The van der Waals surface area contributed by atoms with Gasteiger partial charge in [-0.25, -0.2) is 8.78 Å². The van der Waals surface area contributed by atoms with E-state index in [9.17, 15) is 13.9 Å². The molecule has 1 aliphatic rings. The van der Waals surface area contributed by atoms with E-state index in [0.29, 0.717) is 23.2 Å². The maximum absolute atomic E-state index is 14.3. The highest BCUT2D eigenvalue weighted by Crippen LogP contribution is 2.31. The Balaban J connectivity index is 1.91. The van der Waals surface area contributed by atoms with Crippen LogP contribution in [0, 0.1) is 21.1 Å². The Labute approximate surface area is 162 Å². The van der Waals surface area contributed by atoms with Crippen molar-refractivity contribution in [3.63, 3.8) is 0 Å². The van der Waals surface area contributed by atoms with Gasteiger partial charge in [-0.1, -0.05) is 11.6 Å². The fourth-order valence-electron chi connectivity index (χ4n) is 2.16. The summed E-state index contributed by atoms with van der Waals surface area (Å²) in [5.41, 5.74) is 0.187. The molecule has 25 heavy (non-hydrogen) atoms. The van der Waals surface area contributed by atoms with Gasteiger partial charge in [0.05, 0.1) is 16.4 Å². The number of hydrogen-bond acceptors (Lipinski definition) is 2. The number of aliphatic hydroxyl groups excluding tert-OH is 1. The van der Waals surface area contributed by atoms with Gasteiger partial charge in [-0.15, -0.1) is 0 Å². The maximum Gasteiger partial charge on any atom is 0.415 e. The van der Waals surface area contributed by atoms with Crippen molar-refractivity contribution >= 4 is 51.5 Å². The number of nitrogens with one attached hydrogen (secondary N) is 2. The van der Waals surface area contributed by atoms with Crippen LogP contribution in [0.1, 0.15) is 18.4 Å². The lowest BCUT2D eigenvalue weighted by molar-refractivity contribution is -0.758. The van der Waals surface area contributed by atoms with Gasteiger partial charge in [-0.2, -0.15) is 0 Å². The largest absolute Gasteiger partial charge is 0.457 e. The average molecular weight is 480 g/mol. The Morgan fingerprint density at radius 2 is 2.08 bits per heavy atom. The van der Waals surface area contributed by atoms with Crippen LogP contribution in [0.25, 0.3) is 0 Å². The first kappa shape index (κ1) is 18.2. The third-order valence-corrected chi connectivity index (χ3v) is 4.71. The maximum atomic E-state index is 14.3. The molecule has 0 aromatic heterocycles. The van der Waals surface area contributed by atoms with Crippen LogP contribution in [0.4, 0.5) is 20.2 Å². The molecule has 2 aromatic rings. The van der Waals surface area contributed by atoms with Crippen LogP contribution < -0.4 is 10.5 Å². The van der Waals surface area contributed by atoms with Crippen molar-refractivity contribution in [2.24, 2.45) is 5.92 Å². The molecule has 0 amide bonds. The summed E-state index contributed by atoms with van der Waals surface area (Å²) in [7, 11) is 0. The summed E-state index contributed by atoms with van der Waals surface area (Å²) < 4.78 is 28.9. The van der Waals surface area contributed by atoms with Crippen LogP contribution in [-0.2, 0) is 4.84 Å². The van der Waals surface area contributed by atoms with Gasteiger partial charge in [0, 0.05) is 8.73 Å². The van der Waals surface area contributed by atoms with Crippen molar-refractivity contribution < 1.29 is 23.9 Å². The molecule has 0 radical (unpaired) electrons. The van der Waals surface area contributed by atoms with E-state index in [1.807, 2.05) is 0 Å². The molecule has 0 unspecified atom stereocenters. The van der Waals surface area contributed by atoms with Gasteiger partial charge in [0.1, 0.15) is 5.56 Å². The normalized spacial score (nSPS) is 14.5. The molecule has 1 aliphatic carbocycles. The number of halogens is 4. The first-order chi connectivity index (χ1) is 12.0. The van der Waals surface area contributed by atoms with Crippen LogP contribution in [0.2, 0.25) is 5.02 Å². The van der Waals surface area contributed by atoms with Gasteiger partial charge >= 0.3 is 5.90 Å². The van der Waals surface area contributed by atoms with E-state index in [2.05, 4.69) is 33.1 Å². The second kappa shape index (κ2) is 7.74. The lowest BCUT2D eigenvalue weighted by Crippen LogP contribution is -2.72. The molecule has 3 N–H and O–H groups in total. The molecule has 0 spiro atoms. The number of benzene rings is 2. The fraction of sp³-hybridized carbons (Fsp3) is 0.235. The Morgan fingerprint density at radius 1 is 1.32 bits per heavy atom. The molecule has 0 bridgehead atoms. The van der Waals surface area contributed by atoms with Crippen molar-refractivity contribution in [3.8, 4) is 0 Å². The minimum atomic E-state index is -1.12. The summed E-state index contributed by atoms with van der Waals surface area (Å²) in [6.07, 6.45) is 2.18. The minimum Gasteiger partial charge on any atom is -0.457 e. The minimum absolute atomic E-state index is 0.0318. The predicted molar refractivity (Wildman–Crippen MR) is 100 cm³/mol. The van der Waals surface area contributed by atoms with Gasteiger partial charge in [0.2, 0.25) is 0 Å². The number of aliphatic hydroxyl groups is 1. The highest BCUT2D eigenvalue weighted by Gasteiger charge is 2.25. The van der Waals surface area contributed by atoms with Crippen LogP contribution in [0.5, 0.6) is 0 Å². The lowest BCUT2D eigenvalue weighted by atomic mass is 10.1. The van der Waals surface area contributed by atoms with Crippen LogP contribution in [0.3, 0.4) is 0 Å². The van der Waals surface area contributed by atoms with E-state index in [4.69, 9.17) is 16.4 Å². The third-order valence-electron chi connectivity index (χ3n) is 3.73. The van der Waals surface area contributed by atoms with Crippen molar-refractivity contribution in [1.82, 2.24) is 0 Å². The second-order valence-electron chi connectivity index (χ2n) is 5.74. The Kier molecular flexibility index (Phi) is 5.63. The average Bonchev–Trinajstić information content (AvgIpc) is 3.38. The van der Waals surface area contributed by atoms with E-state index < -0.39 is 17.5 Å². The van der Waals surface area contributed by atoms with Crippen molar-refractivity contribution in [3.05, 3.63) is 56.1 Å². The van der Waals surface area contributed by atoms with E-state index in [1.54, 1.807) is 18.2 Å². The molecule has 3 rings (SSSR count). The molecule has 132 valence electrons. The molecule has 0 aliphatic heterocycles. The Hall–Kier alpha value is -1.61. The van der Waals surface area contributed by atoms with Gasteiger partial charge in [-0.05, 0) is 71.7 Å². The van der Waals surface area contributed by atoms with E-state index in [-0.39, 0.29) is 11.3 Å². The van der Waals surface area contributed by atoms with Gasteiger partial charge < -0.3 is 10.4 Å². The smallest absolute Gasteiger partial charge is 0.415 e. The lowest BCUT2D eigenvalue weighted by Gasteiger charge is -2.12. The molecule has 2 aromatic carbocycles. The van der Waals surface area contributed by atoms with Crippen LogP contribution in [0.15, 0.2) is 30.3 Å². The first-order valence-electron chi connectivity index (χ1n) is 7.60. The van der Waals surface area contributed by atoms with Gasteiger partial charge in [-0.3, -0.25) is 4.84 Å². The topological polar surface area (TPSA) is 55.5 Å². The molecular formula is C17H15ClF2IN2O2+. The highest BCUT2D eigenvalue weighted by molar-refractivity contribution is 14.1. The monoisotopic (exact) mass is 479 g/mol. The van der Waals surface area contributed by atoms with E-state index in [1.165, 1.54) is 6.07 Å². The zero-order chi connectivity index (χ0) is 18.0. The standard InChI is InChI=1S/C17H14ClF2IN2O2/c18-12-7-10(21)3-6-14(12)22-16-11(4-5-13(19)15(16)20)17(24)23-25-8-9-1-2-9/h3-7,9,22H,1-2,8H2,(H,23,24)/p+1. The summed E-state index contributed by atoms with van der Waals surface area (Å²) in [5.74, 6) is -2.10. The van der Waals surface area contributed by atoms with Crippen molar-refractivity contribution in [2.45, 2.75) is 12.8 Å². The molecule has 1 fully saturated rings. The summed E-state index contributed by atoms with van der Waals surface area (Å²) in [5, 5.41) is 15.6. The first-order valence-corrected chi connectivity index (χ1v) is 9.05. The van der Waals surface area contributed by atoms with Crippen LogP contribution in [-0.4, -0.2) is 17.6 Å². The second-order valence-corrected chi connectivity index (χ2v) is 7.39. The Morgan fingerprint density at radius 3 is 2.76 bits per heavy atom. The number of rotatable bonds is 6. The molecule has 0 atom stereocenters. The number of hydrogen-bond donors (Lipinski definition) is 3. The number of anilines is 2. The van der Waals surface area contributed by atoms with Crippen molar-refractivity contribution in [2.75, 3.05) is 11.9 Å². The predicted octanol–water partition coefficient (Wildman–Crippen LogP) is 3.69. The van der Waals surface area contributed by atoms with Gasteiger partial charge in [0.15, 0.2) is 18.2 Å². The highest BCUT2D eigenvalue weighted by atomic mass is 127. The quantitative estimate of drug-likeness (QED) is 0.256. The summed E-state index contributed by atoms with van der Waals surface area (Å²) in [6.45, 7) is 0.444. The molecule has 1 saturated carbocycles. The summed E-state index contributed by atoms with van der Waals surface area (Å²) in [6, 6.07) is 7.29. The molecule has 0 heterocycles. The fourth-order valence-corrected chi connectivity index (χ4v) is 3.07. The van der Waals surface area contributed by atoms with Crippen LogP contribution >= 0.6 is 34.2 Å². The SMILES string of the molecule is O/C(=[NH+]/OCC1CC1)c1ccc(F)c(F)c1Nc1ccc(I)cc1Cl. The molecular weight excluding hydrogens is 465 g/mol. The summed E-state index contributed by atoms with van der Waals surface area (Å²) in [4.78, 5) is 5.18. The molecule has 4 nitrogen and oxygen atoms in total. The zero-order valence-electron chi connectivity index (χ0n) is 13.0. The summed E-state index contributed by atoms with van der Waals surface area (Å²) >= 11 is 8.23. The Bertz CT molecular complexity index is 829. The molecule has 0 saturated heterocycles. The van der Waals surface area contributed by atoms with Gasteiger partial charge in [0.25, 0.3) is 0 Å².